The number of urea groups is 1. The Labute approximate surface area is 147 Å². The van der Waals surface area contributed by atoms with Crippen molar-refractivity contribution in [3.63, 3.8) is 0 Å². The number of hydrogen-bond acceptors (Lipinski definition) is 4. The minimum atomic E-state index is -0.535. The standard InChI is InChI=1S/C17H24ClN3O3/c18-13-1-3-16(4-2-13)24-12-15(22)11-20-8-5-14(6-9-20)21-10-7-19-17(21)23/h1-4,14-15,22H,5-12H2,(H,19,23)/t15-/m1/s1. The molecule has 0 radical (unpaired) electrons. The van der Waals surface area contributed by atoms with Gasteiger partial charge in [0.1, 0.15) is 18.5 Å². The highest BCUT2D eigenvalue weighted by atomic mass is 35.5. The number of ether oxygens (including phenoxy) is 1. The number of carbonyl (C=O) groups is 1. The largest absolute Gasteiger partial charge is 0.491 e. The fraction of sp³-hybridized carbons (Fsp3) is 0.588. The number of halogens is 1. The molecule has 3 rings (SSSR count). The highest BCUT2D eigenvalue weighted by molar-refractivity contribution is 6.30. The number of nitrogens with zero attached hydrogens (tertiary/aromatic N) is 2. The molecule has 1 aromatic rings. The smallest absolute Gasteiger partial charge is 0.317 e. The fourth-order valence-corrected chi connectivity index (χ4v) is 3.45. The van der Waals surface area contributed by atoms with Crippen LogP contribution in [0.15, 0.2) is 24.3 Å². The summed E-state index contributed by atoms with van der Waals surface area (Å²) in [6.07, 6.45) is 1.38. The van der Waals surface area contributed by atoms with Gasteiger partial charge in [-0.1, -0.05) is 11.6 Å². The zero-order valence-corrected chi connectivity index (χ0v) is 14.4. The Morgan fingerprint density at radius 2 is 1.96 bits per heavy atom. The van der Waals surface area contributed by atoms with Crippen LogP contribution < -0.4 is 10.1 Å². The van der Waals surface area contributed by atoms with Crippen LogP contribution in [0, 0.1) is 0 Å². The van der Waals surface area contributed by atoms with E-state index in [-0.39, 0.29) is 12.6 Å². The van der Waals surface area contributed by atoms with Crippen LogP contribution in [-0.2, 0) is 0 Å². The van der Waals surface area contributed by atoms with Crippen LogP contribution in [0.4, 0.5) is 4.79 Å². The van der Waals surface area contributed by atoms with Gasteiger partial charge < -0.3 is 25.0 Å². The van der Waals surface area contributed by atoms with E-state index in [0.29, 0.717) is 23.4 Å². The van der Waals surface area contributed by atoms with Gasteiger partial charge in [0.15, 0.2) is 0 Å². The number of benzene rings is 1. The molecule has 7 heteroatoms. The van der Waals surface area contributed by atoms with Crippen LogP contribution in [0.2, 0.25) is 5.02 Å². The second-order valence-corrected chi connectivity index (χ2v) is 6.81. The molecule has 0 bridgehead atoms. The van der Waals surface area contributed by atoms with Gasteiger partial charge in [0, 0.05) is 43.8 Å². The van der Waals surface area contributed by atoms with Crippen molar-refractivity contribution >= 4 is 17.6 Å². The molecule has 0 aromatic heterocycles. The SMILES string of the molecule is O=C1NCCN1C1CCN(C[C@@H](O)COc2ccc(Cl)cc2)CC1. The van der Waals surface area contributed by atoms with E-state index in [4.69, 9.17) is 16.3 Å². The molecule has 2 saturated heterocycles. The highest BCUT2D eigenvalue weighted by Gasteiger charge is 2.30. The Morgan fingerprint density at radius 1 is 1.25 bits per heavy atom. The van der Waals surface area contributed by atoms with Crippen molar-refractivity contribution in [3.8, 4) is 5.75 Å². The summed E-state index contributed by atoms with van der Waals surface area (Å²) in [4.78, 5) is 15.9. The number of aliphatic hydroxyl groups excluding tert-OH is 1. The quantitative estimate of drug-likeness (QED) is 0.814. The van der Waals surface area contributed by atoms with Gasteiger partial charge in [-0.25, -0.2) is 4.79 Å². The van der Waals surface area contributed by atoms with Crippen LogP contribution in [-0.4, -0.2) is 72.4 Å². The molecular formula is C17H24ClN3O3. The second-order valence-electron chi connectivity index (χ2n) is 6.38. The normalized spacial score (nSPS) is 20.9. The summed E-state index contributed by atoms with van der Waals surface area (Å²) >= 11 is 5.83. The lowest BCUT2D eigenvalue weighted by molar-refractivity contribution is 0.0508. The lowest BCUT2D eigenvalue weighted by Crippen LogP contribution is -2.48. The number of piperidine rings is 1. The van der Waals surface area contributed by atoms with Crippen molar-refractivity contribution in [3.05, 3.63) is 29.3 Å². The first-order valence-corrected chi connectivity index (χ1v) is 8.83. The third-order valence-electron chi connectivity index (χ3n) is 4.61. The number of amides is 2. The van der Waals surface area contributed by atoms with Gasteiger partial charge in [-0.2, -0.15) is 0 Å². The first-order chi connectivity index (χ1) is 11.6. The maximum Gasteiger partial charge on any atom is 0.317 e. The molecule has 0 spiro atoms. The molecule has 2 N–H and O–H groups in total. The van der Waals surface area contributed by atoms with Crippen LogP contribution >= 0.6 is 11.6 Å². The number of aliphatic hydroxyl groups is 1. The molecule has 2 heterocycles. The first-order valence-electron chi connectivity index (χ1n) is 8.45. The van der Waals surface area contributed by atoms with Gasteiger partial charge in [-0.05, 0) is 37.1 Å². The number of hydrogen-bond donors (Lipinski definition) is 2. The van der Waals surface area contributed by atoms with Gasteiger partial charge in [-0.3, -0.25) is 0 Å². The van der Waals surface area contributed by atoms with Crippen molar-refractivity contribution < 1.29 is 14.6 Å². The zero-order chi connectivity index (χ0) is 16.9. The molecule has 132 valence electrons. The molecule has 1 aromatic carbocycles. The van der Waals surface area contributed by atoms with Crippen molar-refractivity contribution in [1.82, 2.24) is 15.1 Å². The summed E-state index contributed by atoms with van der Waals surface area (Å²) in [6.45, 7) is 4.20. The van der Waals surface area contributed by atoms with Gasteiger partial charge in [0.25, 0.3) is 0 Å². The van der Waals surface area contributed by atoms with Gasteiger partial charge >= 0.3 is 6.03 Å². The lowest BCUT2D eigenvalue weighted by atomic mass is 10.0. The second kappa shape index (κ2) is 8.05. The molecule has 2 amide bonds. The van der Waals surface area contributed by atoms with E-state index >= 15 is 0 Å². The summed E-state index contributed by atoms with van der Waals surface area (Å²) in [5.41, 5.74) is 0. The maximum atomic E-state index is 11.7. The van der Waals surface area contributed by atoms with E-state index in [1.165, 1.54) is 0 Å². The molecule has 0 unspecified atom stereocenters. The number of β-amino-alcohol motifs (C(OH)–C–C–N with tert-alkyl or cyclic N) is 1. The van der Waals surface area contributed by atoms with E-state index < -0.39 is 6.10 Å². The van der Waals surface area contributed by atoms with E-state index in [9.17, 15) is 9.90 Å². The zero-order valence-electron chi connectivity index (χ0n) is 13.7. The molecule has 2 fully saturated rings. The topological polar surface area (TPSA) is 65.0 Å². The molecule has 1 atom stereocenters. The Bertz CT molecular complexity index is 547. The Morgan fingerprint density at radius 3 is 2.58 bits per heavy atom. The monoisotopic (exact) mass is 353 g/mol. The van der Waals surface area contributed by atoms with Gasteiger partial charge in [0.2, 0.25) is 0 Å². The molecule has 2 aliphatic heterocycles. The number of likely N-dealkylation sites (tertiary alicyclic amines) is 1. The fourth-order valence-electron chi connectivity index (χ4n) is 3.32. The van der Waals surface area contributed by atoms with Crippen LogP contribution in [0.25, 0.3) is 0 Å². The molecule has 0 aliphatic carbocycles. The van der Waals surface area contributed by atoms with Crippen molar-refractivity contribution in [2.24, 2.45) is 0 Å². The van der Waals surface area contributed by atoms with Crippen molar-refractivity contribution in [2.75, 3.05) is 39.3 Å². The van der Waals surface area contributed by atoms with E-state index in [1.807, 2.05) is 4.90 Å². The predicted octanol–water partition coefficient (Wildman–Crippen LogP) is 1.57. The Hall–Kier alpha value is -1.50. The van der Waals surface area contributed by atoms with Crippen LogP contribution in [0.3, 0.4) is 0 Å². The highest BCUT2D eigenvalue weighted by Crippen LogP contribution is 2.19. The minimum absolute atomic E-state index is 0.0600. The molecule has 6 nitrogen and oxygen atoms in total. The average Bonchev–Trinajstić information content (AvgIpc) is 3.01. The van der Waals surface area contributed by atoms with Crippen molar-refractivity contribution in [1.29, 1.82) is 0 Å². The van der Waals surface area contributed by atoms with E-state index in [1.54, 1.807) is 24.3 Å². The van der Waals surface area contributed by atoms with Gasteiger partial charge in [0.05, 0.1) is 0 Å². The number of rotatable bonds is 6. The first kappa shape index (κ1) is 17.3. The summed E-state index contributed by atoms with van der Waals surface area (Å²) in [6, 6.07) is 7.50. The van der Waals surface area contributed by atoms with E-state index in [0.717, 1.165) is 39.0 Å². The molecular weight excluding hydrogens is 330 g/mol. The predicted molar refractivity (Wildman–Crippen MR) is 92.5 cm³/mol. The number of carbonyl (C=O) groups excluding carboxylic acids is 1. The summed E-state index contributed by atoms with van der Waals surface area (Å²) in [7, 11) is 0. The number of nitrogens with one attached hydrogen (secondary N) is 1. The Balaban J connectivity index is 1.37. The van der Waals surface area contributed by atoms with Gasteiger partial charge in [-0.15, -0.1) is 0 Å². The average molecular weight is 354 g/mol. The van der Waals surface area contributed by atoms with Crippen LogP contribution in [0.1, 0.15) is 12.8 Å². The Kier molecular flexibility index (Phi) is 5.81. The molecule has 24 heavy (non-hydrogen) atoms. The van der Waals surface area contributed by atoms with Crippen molar-refractivity contribution in [2.45, 2.75) is 25.0 Å². The maximum absolute atomic E-state index is 11.7. The summed E-state index contributed by atoms with van der Waals surface area (Å²) < 4.78 is 5.58. The third-order valence-corrected chi connectivity index (χ3v) is 4.86. The minimum Gasteiger partial charge on any atom is -0.491 e. The third kappa shape index (κ3) is 4.53. The summed E-state index contributed by atoms with van der Waals surface area (Å²) in [5.74, 6) is 0.706. The van der Waals surface area contributed by atoms with E-state index in [2.05, 4.69) is 10.2 Å². The van der Waals surface area contributed by atoms with Crippen LogP contribution in [0.5, 0.6) is 5.75 Å². The summed E-state index contributed by atoms with van der Waals surface area (Å²) in [5, 5.41) is 13.7. The molecule has 0 saturated carbocycles. The molecule has 2 aliphatic rings. The lowest BCUT2D eigenvalue weighted by Gasteiger charge is -2.36.